The second-order valence-electron chi connectivity index (χ2n) is 4.75. The molecular formula is C13H18N4O2S. The Hall–Kier alpha value is -1.76. The molecule has 20 heavy (non-hydrogen) atoms. The van der Waals surface area contributed by atoms with Crippen LogP contribution in [-0.4, -0.2) is 36.2 Å². The van der Waals surface area contributed by atoms with Gasteiger partial charge in [0.15, 0.2) is 5.16 Å². The first kappa shape index (κ1) is 14.6. The highest BCUT2D eigenvalue weighted by Gasteiger charge is 2.14. The first-order valence-electron chi connectivity index (χ1n) is 6.26. The normalized spacial score (nSPS) is 11.0. The molecule has 0 spiro atoms. The maximum Gasteiger partial charge on any atom is 0.313 e. The van der Waals surface area contributed by atoms with Gasteiger partial charge >= 0.3 is 5.97 Å². The maximum absolute atomic E-state index is 10.7. The van der Waals surface area contributed by atoms with Crippen LogP contribution in [0, 0.1) is 20.8 Å². The van der Waals surface area contributed by atoms with E-state index in [1.807, 2.05) is 43.3 Å². The molecule has 0 amide bonds. The minimum Gasteiger partial charge on any atom is -0.481 e. The predicted molar refractivity (Wildman–Crippen MR) is 77.1 cm³/mol. The van der Waals surface area contributed by atoms with E-state index < -0.39 is 5.97 Å². The largest absolute Gasteiger partial charge is 0.481 e. The van der Waals surface area contributed by atoms with Gasteiger partial charge in [0.2, 0.25) is 0 Å². The van der Waals surface area contributed by atoms with E-state index in [2.05, 4.69) is 10.1 Å². The number of aliphatic carboxylic acids is 1. The monoisotopic (exact) mass is 294 g/mol. The molecule has 0 aromatic carbocycles. The number of hydrogen-bond donors (Lipinski definition) is 1. The van der Waals surface area contributed by atoms with E-state index in [1.165, 1.54) is 11.8 Å². The van der Waals surface area contributed by atoms with Crippen LogP contribution in [0.3, 0.4) is 0 Å². The van der Waals surface area contributed by atoms with E-state index in [-0.39, 0.29) is 5.75 Å². The Morgan fingerprint density at radius 2 is 2.10 bits per heavy atom. The van der Waals surface area contributed by atoms with Crippen LogP contribution < -0.4 is 0 Å². The third-order valence-corrected chi connectivity index (χ3v) is 4.15. The van der Waals surface area contributed by atoms with Crippen molar-refractivity contribution < 1.29 is 9.90 Å². The molecule has 108 valence electrons. The fourth-order valence-electron chi connectivity index (χ4n) is 2.10. The lowest BCUT2D eigenvalue weighted by atomic mass is 10.2. The molecule has 0 radical (unpaired) electrons. The summed E-state index contributed by atoms with van der Waals surface area (Å²) in [4.78, 5) is 15.1. The molecule has 0 unspecified atom stereocenters. The molecule has 6 nitrogen and oxygen atoms in total. The molecule has 2 aromatic rings. The van der Waals surface area contributed by atoms with Gasteiger partial charge in [-0.15, -0.1) is 0 Å². The number of thioether (sulfide) groups is 1. The van der Waals surface area contributed by atoms with Crippen molar-refractivity contribution in [2.75, 3.05) is 5.75 Å². The molecule has 0 aliphatic rings. The smallest absolute Gasteiger partial charge is 0.313 e. The van der Waals surface area contributed by atoms with Crippen molar-refractivity contribution in [2.45, 2.75) is 32.5 Å². The minimum absolute atomic E-state index is 0.0153. The van der Waals surface area contributed by atoms with Gasteiger partial charge in [-0.3, -0.25) is 9.48 Å². The van der Waals surface area contributed by atoms with Crippen LogP contribution in [0.4, 0.5) is 0 Å². The van der Waals surface area contributed by atoms with Gasteiger partial charge in [0, 0.05) is 24.5 Å². The fourth-order valence-corrected chi connectivity index (χ4v) is 2.84. The fraction of sp³-hybridized carbons (Fsp3) is 0.462. The van der Waals surface area contributed by atoms with Gasteiger partial charge < -0.3 is 9.67 Å². The van der Waals surface area contributed by atoms with Crippen LogP contribution >= 0.6 is 11.8 Å². The zero-order chi connectivity index (χ0) is 14.9. The molecule has 7 heteroatoms. The molecule has 0 atom stereocenters. The van der Waals surface area contributed by atoms with Gasteiger partial charge in [-0.05, 0) is 20.8 Å². The van der Waals surface area contributed by atoms with E-state index in [9.17, 15) is 4.79 Å². The maximum atomic E-state index is 10.7. The van der Waals surface area contributed by atoms with Crippen LogP contribution in [0.25, 0.3) is 0 Å². The lowest BCUT2D eigenvalue weighted by Crippen LogP contribution is -2.05. The van der Waals surface area contributed by atoms with Gasteiger partial charge in [-0.1, -0.05) is 11.8 Å². The van der Waals surface area contributed by atoms with Crippen molar-refractivity contribution in [2.24, 2.45) is 7.05 Å². The van der Waals surface area contributed by atoms with Crippen molar-refractivity contribution in [1.82, 2.24) is 19.3 Å². The Kier molecular flexibility index (Phi) is 4.17. The van der Waals surface area contributed by atoms with Gasteiger partial charge in [0.05, 0.1) is 23.7 Å². The number of rotatable bonds is 5. The highest BCUT2D eigenvalue weighted by molar-refractivity contribution is 7.99. The lowest BCUT2D eigenvalue weighted by molar-refractivity contribution is -0.133. The predicted octanol–water partition coefficient (Wildman–Crippen LogP) is 1.77. The molecule has 0 fully saturated rings. The van der Waals surface area contributed by atoms with Gasteiger partial charge in [0.1, 0.15) is 0 Å². The molecule has 2 rings (SSSR count). The molecule has 0 aliphatic heterocycles. The summed E-state index contributed by atoms with van der Waals surface area (Å²) in [5.74, 6) is -0.822. The number of aromatic nitrogens is 4. The summed E-state index contributed by atoms with van der Waals surface area (Å²) in [7, 11) is 1.92. The summed E-state index contributed by atoms with van der Waals surface area (Å²) < 4.78 is 3.85. The summed E-state index contributed by atoms with van der Waals surface area (Å²) in [6, 6.07) is 0. The summed E-state index contributed by atoms with van der Waals surface area (Å²) in [5.41, 5.74) is 4.15. The number of carbonyl (C=O) groups is 1. The van der Waals surface area contributed by atoms with E-state index in [0.29, 0.717) is 6.54 Å². The highest BCUT2D eigenvalue weighted by Crippen LogP contribution is 2.21. The molecule has 0 bridgehead atoms. The van der Waals surface area contributed by atoms with Crippen molar-refractivity contribution in [3.8, 4) is 0 Å². The number of carboxylic acids is 1. The third kappa shape index (κ3) is 3.04. The standard InChI is InChI=1S/C13H18N4O2S/c1-8-5-17(13(14-8)20-7-12(18)19)6-11-9(2)15-16(4)10(11)3/h5H,6-7H2,1-4H3,(H,18,19). The van der Waals surface area contributed by atoms with Gasteiger partial charge in [-0.25, -0.2) is 4.98 Å². The molecule has 1 N–H and O–H groups in total. The Labute approximate surface area is 121 Å². The quantitative estimate of drug-likeness (QED) is 0.851. The average Bonchev–Trinajstić information content (AvgIpc) is 2.82. The Morgan fingerprint density at radius 1 is 1.40 bits per heavy atom. The molecule has 2 heterocycles. The van der Waals surface area contributed by atoms with E-state index in [0.717, 1.165) is 27.8 Å². The molecule has 2 aromatic heterocycles. The first-order chi connectivity index (χ1) is 9.38. The van der Waals surface area contributed by atoms with E-state index >= 15 is 0 Å². The summed E-state index contributed by atoms with van der Waals surface area (Å²) in [6.07, 6.45) is 1.94. The topological polar surface area (TPSA) is 72.9 Å². The van der Waals surface area contributed by atoms with Crippen molar-refractivity contribution in [1.29, 1.82) is 0 Å². The van der Waals surface area contributed by atoms with Crippen molar-refractivity contribution in [3.63, 3.8) is 0 Å². The highest BCUT2D eigenvalue weighted by atomic mass is 32.2. The third-order valence-electron chi connectivity index (χ3n) is 3.17. The molecular weight excluding hydrogens is 276 g/mol. The number of hydrogen-bond acceptors (Lipinski definition) is 4. The SMILES string of the molecule is Cc1cn(Cc2c(C)nn(C)c2C)c(SCC(=O)O)n1. The van der Waals surface area contributed by atoms with Crippen molar-refractivity contribution >= 4 is 17.7 Å². The number of aryl methyl sites for hydroxylation is 3. The van der Waals surface area contributed by atoms with Crippen LogP contribution in [0.5, 0.6) is 0 Å². The average molecular weight is 294 g/mol. The van der Waals surface area contributed by atoms with Crippen molar-refractivity contribution in [3.05, 3.63) is 28.8 Å². The van der Waals surface area contributed by atoms with Gasteiger partial charge in [0.25, 0.3) is 0 Å². The lowest BCUT2D eigenvalue weighted by Gasteiger charge is -2.07. The number of nitrogens with zero attached hydrogens (tertiary/aromatic N) is 4. The Morgan fingerprint density at radius 3 is 2.65 bits per heavy atom. The summed E-state index contributed by atoms with van der Waals surface area (Å²) >= 11 is 1.24. The van der Waals surface area contributed by atoms with Crippen LogP contribution in [0.15, 0.2) is 11.4 Å². The molecule has 0 aliphatic carbocycles. The Balaban J connectivity index is 2.26. The van der Waals surface area contributed by atoms with E-state index in [1.54, 1.807) is 0 Å². The number of carboxylic acid groups (broad SMARTS) is 1. The zero-order valence-electron chi connectivity index (χ0n) is 12.0. The summed E-state index contributed by atoms with van der Waals surface area (Å²) in [6.45, 7) is 6.58. The van der Waals surface area contributed by atoms with Crippen LogP contribution in [-0.2, 0) is 18.4 Å². The first-order valence-corrected chi connectivity index (χ1v) is 7.24. The van der Waals surface area contributed by atoms with Crippen LogP contribution in [0.2, 0.25) is 0 Å². The molecule has 0 saturated carbocycles. The van der Waals surface area contributed by atoms with E-state index in [4.69, 9.17) is 5.11 Å². The second-order valence-corrected chi connectivity index (χ2v) is 5.69. The van der Waals surface area contributed by atoms with Gasteiger partial charge in [-0.2, -0.15) is 5.10 Å². The second kappa shape index (κ2) is 5.70. The number of imidazole rings is 1. The zero-order valence-corrected chi connectivity index (χ0v) is 12.9. The summed E-state index contributed by atoms with van der Waals surface area (Å²) in [5, 5.41) is 13.9. The molecule has 0 saturated heterocycles. The minimum atomic E-state index is -0.837. The Bertz CT molecular complexity index is 645. The van der Waals surface area contributed by atoms with Crippen LogP contribution in [0.1, 0.15) is 22.6 Å².